The number of halogens is 3. The van der Waals surface area contributed by atoms with Crippen LogP contribution in [0.3, 0.4) is 0 Å². The van der Waals surface area contributed by atoms with Crippen molar-refractivity contribution in [3.8, 4) is 5.75 Å². The molecule has 2 aliphatic carbocycles. The Bertz CT molecular complexity index is 1300. The molecule has 5 rings (SSSR count). The molecule has 37 heavy (non-hydrogen) atoms. The van der Waals surface area contributed by atoms with Gasteiger partial charge in [0.1, 0.15) is 5.75 Å². The average molecular weight is 570 g/mol. The minimum Gasteiger partial charge on any atom is -0.508 e. The van der Waals surface area contributed by atoms with Crippen LogP contribution in [0.4, 0.5) is 0 Å². The largest absolute Gasteiger partial charge is 0.508 e. The number of hydrogen-bond acceptors (Lipinski definition) is 6. The highest BCUT2D eigenvalue weighted by atomic mass is 35.5. The summed E-state index contributed by atoms with van der Waals surface area (Å²) in [6.45, 7) is -0.0385. The Kier molecular flexibility index (Phi) is 6.12. The fourth-order valence-corrected chi connectivity index (χ4v) is 7.71. The van der Waals surface area contributed by atoms with Gasteiger partial charge in [-0.25, -0.2) is 0 Å². The van der Waals surface area contributed by atoms with E-state index < -0.39 is 63.0 Å². The monoisotopic (exact) mass is 568 g/mol. The number of imide groups is 2. The number of aliphatic carboxylic acids is 1. The van der Waals surface area contributed by atoms with Gasteiger partial charge in [0.15, 0.2) is 9.75 Å². The van der Waals surface area contributed by atoms with Crippen molar-refractivity contribution in [2.75, 3.05) is 13.6 Å². The van der Waals surface area contributed by atoms with Crippen LogP contribution in [0.5, 0.6) is 5.75 Å². The molecule has 1 aromatic carbocycles. The fraction of sp³-hybridized carbons (Fsp3) is 0.480. The van der Waals surface area contributed by atoms with E-state index in [0.29, 0.717) is 5.57 Å². The second-order valence-corrected chi connectivity index (χ2v) is 11.7. The number of alkyl halides is 2. The van der Waals surface area contributed by atoms with Crippen molar-refractivity contribution in [2.24, 2.45) is 17.8 Å². The molecular weight excluding hydrogens is 547 g/mol. The lowest BCUT2D eigenvalue weighted by Gasteiger charge is -2.50. The summed E-state index contributed by atoms with van der Waals surface area (Å²) in [5.41, 5.74) is 0.725. The summed E-state index contributed by atoms with van der Waals surface area (Å²) in [7, 11) is 1.28. The maximum absolute atomic E-state index is 13.6. The zero-order valence-electron chi connectivity index (χ0n) is 19.6. The molecule has 0 aromatic heterocycles. The van der Waals surface area contributed by atoms with Crippen LogP contribution in [0.2, 0.25) is 5.02 Å². The van der Waals surface area contributed by atoms with E-state index in [1.807, 2.05) is 0 Å². The number of carboxylic acid groups (broad SMARTS) is 1. The van der Waals surface area contributed by atoms with Crippen molar-refractivity contribution >= 4 is 64.4 Å². The maximum Gasteiger partial charge on any atom is 0.303 e. The molecule has 6 atom stereocenters. The van der Waals surface area contributed by atoms with Gasteiger partial charge in [-0.05, 0) is 43.4 Å². The van der Waals surface area contributed by atoms with Gasteiger partial charge in [-0.1, -0.05) is 23.3 Å². The molecule has 2 heterocycles. The number of amides is 4. The van der Waals surface area contributed by atoms with E-state index in [9.17, 15) is 29.1 Å². The van der Waals surface area contributed by atoms with Crippen molar-refractivity contribution in [1.29, 1.82) is 0 Å². The van der Waals surface area contributed by atoms with E-state index in [2.05, 4.69) is 0 Å². The highest BCUT2D eigenvalue weighted by Crippen LogP contribution is 2.66. The maximum atomic E-state index is 13.6. The van der Waals surface area contributed by atoms with Crippen LogP contribution in [-0.4, -0.2) is 73.0 Å². The number of fused-ring (bicyclic) bond motifs is 4. The molecule has 0 spiro atoms. The number of carbonyl (C=O) groups excluding carboxylic acids is 4. The van der Waals surface area contributed by atoms with E-state index in [-0.39, 0.29) is 48.6 Å². The van der Waals surface area contributed by atoms with Crippen LogP contribution in [0.1, 0.15) is 37.2 Å². The number of likely N-dealkylation sites (tertiary alicyclic amines) is 2. The number of hydrogen-bond donors (Lipinski definition) is 2. The smallest absolute Gasteiger partial charge is 0.303 e. The zero-order valence-corrected chi connectivity index (χ0v) is 21.9. The third kappa shape index (κ3) is 3.47. The second-order valence-electron chi connectivity index (χ2n) is 10.0. The highest BCUT2D eigenvalue weighted by Gasteiger charge is 2.76. The van der Waals surface area contributed by atoms with Gasteiger partial charge in [0, 0.05) is 36.5 Å². The first-order valence-electron chi connectivity index (χ1n) is 11.8. The molecule has 2 N–H and O–H groups in total. The molecule has 0 radical (unpaired) electrons. The quantitative estimate of drug-likeness (QED) is 0.317. The van der Waals surface area contributed by atoms with Crippen LogP contribution in [0.25, 0.3) is 0 Å². The third-order valence-electron chi connectivity index (χ3n) is 8.18. The predicted octanol–water partition coefficient (Wildman–Crippen LogP) is 2.90. The summed E-state index contributed by atoms with van der Waals surface area (Å²) in [5, 5.41) is 20.0. The summed E-state index contributed by atoms with van der Waals surface area (Å²) in [6.07, 6.45) is 1.67. The molecule has 0 unspecified atom stereocenters. The first-order chi connectivity index (χ1) is 17.3. The van der Waals surface area contributed by atoms with Crippen LogP contribution < -0.4 is 0 Å². The Balaban J connectivity index is 1.64. The van der Waals surface area contributed by atoms with Crippen molar-refractivity contribution in [1.82, 2.24) is 9.80 Å². The SMILES string of the molecule is CN1C(=O)[C@]2(Cl)C[C@@H]3C(=CC[C@@H]4C(=O)N(CCCC(=O)O)C(=O)[C@@H]43)[C@H](c3cc(Cl)ccc3O)[C@]2(Cl)C1=O. The highest BCUT2D eigenvalue weighted by molar-refractivity contribution is 6.53. The molecule has 196 valence electrons. The van der Waals surface area contributed by atoms with Gasteiger partial charge in [-0.2, -0.15) is 0 Å². The first-order valence-corrected chi connectivity index (χ1v) is 12.9. The molecule has 4 amide bonds. The summed E-state index contributed by atoms with van der Waals surface area (Å²) in [5.74, 6) is -7.00. The molecule has 12 heteroatoms. The van der Waals surface area contributed by atoms with Gasteiger partial charge in [0.05, 0.1) is 11.8 Å². The Morgan fingerprint density at radius 3 is 2.49 bits per heavy atom. The van der Waals surface area contributed by atoms with Crippen molar-refractivity contribution in [3.05, 3.63) is 40.4 Å². The number of phenolic OH excluding ortho intramolecular Hbond substituents is 1. The predicted molar refractivity (Wildman–Crippen MR) is 132 cm³/mol. The lowest BCUT2D eigenvalue weighted by atomic mass is 9.56. The Morgan fingerprint density at radius 2 is 1.81 bits per heavy atom. The number of aromatic hydroxyl groups is 1. The minimum absolute atomic E-state index is 0.0385. The summed E-state index contributed by atoms with van der Waals surface area (Å²) >= 11 is 20.3. The number of benzene rings is 1. The number of nitrogens with zero attached hydrogens (tertiary/aromatic N) is 2. The average Bonchev–Trinajstić information content (AvgIpc) is 3.16. The molecular formula is C25H23Cl3N2O7. The topological polar surface area (TPSA) is 132 Å². The van der Waals surface area contributed by atoms with Gasteiger partial charge in [-0.15, -0.1) is 23.2 Å². The first kappa shape index (κ1) is 26.0. The molecule has 1 saturated carbocycles. The lowest BCUT2D eigenvalue weighted by Crippen LogP contribution is -2.60. The van der Waals surface area contributed by atoms with Gasteiger partial charge in [0.25, 0.3) is 11.8 Å². The molecule has 2 aliphatic heterocycles. The number of allylic oxidation sites excluding steroid dienone is 2. The van der Waals surface area contributed by atoms with Crippen LogP contribution in [-0.2, 0) is 24.0 Å². The van der Waals surface area contributed by atoms with Crippen LogP contribution in [0, 0.1) is 17.8 Å². The Morgan fingerprint density at radius 1 is 1.11 bits per heavy atom. The number of carbonyl (C=O) groups is 5. The number of phenols is 1. The second kappa shape index (κ2) is 8.71. The molecule has 0 bridgehead atoms. The molecule has 3 fully saturated rings. The van der Waals surface area contributed by atoms with Gasteiger partial charge in [0.2, 0.25) is 11.8 Å². The Labute approximate surface area is 226 Å². The standard InChI is InChI=1S/C25H23Cl3N2O7/c1-29-22(36)24(27)10-15-12(19(25(24,28)23(29)37)14-9-11(26)4-7-16(14)31)5-6-13-18(15)21(35)30(20(13)34)8-2-3-17(32)33/h4-5,7,9,13,15,18-19,31H,2-3,6,8,10H2,1H3,(H,32,33)/t13-,15+,18-,19+,24+,25-/m0/s1. The molecule has 4 aliphatic rings. The molecule has 2 saturated heterocycles. The normalized spacial score (nSPS) is 34.9. The minimum atomic E-state index is -2.01. The van der Waals surface area contributed by atoms with Crippen LogP contribution in [0.15, 0.2) is 29.8 Å². The summed E-state index contributed by atoms with van der Waals surface area (Å²) in [4.78, 5) is 62.5. The van der Waals surface area contributed by atoms with Gasteiger partial charge >= 0.3 is 5.97 Å². The number of rotatable bonds is 5. The zero-order chi connectivity index (χ0) is 27.0. The van der Waals surface area contributed by atoms with Crippen molar-refractivity contribution < 1.29 is 34.2 Å². The van der Waals surface area contributed by atoms with Crippen molar-refractivity contribution in [3.63, 3.8) is 0 Å². The van der Waals surface area contributed by atoms with E-state index in [0.717, 1.165) is 9.80 Å². The van der Waals surface area contributed by atoms with Crippen molar-refractivity contribution in [2.45, 2.75) is 41.3 Å². The molecule has 9 nitrogen and oxygen atoms in total. The van der Waals surface area contributed by atoms with Gasteiger partial charge < -0.3 is 10.2 Å². The Hall–Kier alpha value is -2.62. The third-order valence-corrected chi connectivity index (χ3v) is 9.83. The molecule has 1 aromatic rings. The fourth-order valence-electron chi connectivity index (χ4n) is 6.52. The van der Waals surface area contributed by atoms with E-state index >= 15 is 0 Å². The summed E-state index contributed by atoms with van der Waals surface area (Å²) < 4.78 is 0. The number of carboxylic acids is 1. The lowest BCUT2D eigenvalue weighted by molar-refractivity contribution is -0.142. The summed E-state index contributed by atoms with van der Waals surface area (Å²) in [6, 6.07) is 4.26. The van der Waals surface area contributed by atoms with E-state index in [1.54, 1.807) is 6.08 Å². The van der Waals surface area contributed by atoms with Gasteiger partial charge in [-0.3, -0.25) is 33.8 Å². The van der Waals surface area contributed by atoms with E-state index in [4.69, 9.17) is 39.9 Å². The van der Waals surface area contributed by atoms with E-state index in [1.165, 1.54) is 25.2 Å². The van der Waals surface area contributed by atoms with Crippen LogP contribution >= 0.6 is 34.8 Å².